The molecule has 0 amide bonds. The Labute approximate surface area is 159 Å². The molecule has 0 aliphatic carbocycles. The molecule has 0 aliphatic rings. The van der Waals surface area contributed by atoms with Crippen molar-refractivity contribution in [2.75, 3.05) is 26.0 Å². The van der Waals surface area contributed by atoms with Crippen molar-refractivity contribution in [3.63, 3.8) is 0 Å². The van der Waals surface area contributed by atoms with Gasteiger partial charge in [0.05, 0.1) is 0 Å². The van der Waals surface area contributed by atoms with Crippen molar-refractivity contribution < 1.29 is 4.39 Å². The zero-order valence-electron chi connectivity index (χ0n) is 14.1. The normalized spacial score (nSPS) is 10.8. The van der Waals surface area contributed by atoms with E-state index >= 15 is 0 Å². The molecular weight excluding hydrogens is 420 g/mol. The molecule has 0 radical (unpaired) electrons. The molecule has 1 heterocycles. The Morgan fingerprint density at radius 3 is 2.29 bits per heavy atom. The van der Waals surface area contributed by atoms with Crippen LogP contribution in [0.1, 0.15) is 11.1 Å². The smallest absolute Gasteiger partial charge is 0.191 e. The van der Waals surface area contributed by atoms with Gasteiger partial charge in [-0.05, 0) is 35.4 Å². The molecule has 0 fully saturated rings. The zero-order chi connectivity index (χ0) is 16.7. The lowest BCUT2D eigenvalue weighted by Crippen LogP contribution is -2.36. The van der Waals surface area contributed by atoms with E-state index in [-0.39, 0.29) is 29.8 Å². The molecule has 1 aromatic carbocycles. The highest BCUT2D eigenvalue weighted by atomic mass is 127. The fourth-order valence-corrected chi connectivity index (χ4v) is 2.01. The summed E-state index contributed by atoms with van der Waals surface area (Å²) in [5.41, 5.74) is 2.11. The summed E-state index contributed by atoms with van der Waals surface area (Å²) in [7, 11) is 5.64. The van der Waals surface area contributed by atoms with E-state index in [1.54, 1.807) is 25.4 Å². The number of guanidine groups is 1. The van der Waals surface area contributed by atoms with Gasteiger partial charge in [0.1, 0.15) is 11.6 Å². The van der Waals surface area contributed by atoms with Gasteiger partial charge >= 0.3 is 0 Å². The summed E-state index contributed by atoms with van der Waals surface area (Å²) in [6.07, 6.45) is 1.79. The highest BCUT2D eigenvalue weighted by molar-refractivity contribution is 14.0. The minimum absolute atomic E-state index is 0. The molecular formula is C17H23FIN5. The third-order valence-corrected chi connectivity index (χ3v) is 3.32. The Kier molecular flexibility index (Phi) is 8.45. The molecule has 0 unspecified atom stereocenters. The van der Waals surface area contributed by atoms with E-state index in [4.69, 9.17) is 0 Å². The van der Waals surface area contributed by atoms with Crippen LogP contribution >= 0.6 is 24.0 Å². The number of nitrogens with zero attached hydrogens (tertiary/aromatic N) is 3. The fourth-order valence-electron chi connectivity index (χ4n) is 2.01. The van der Waals surface area contributed by atoms with E-state index in [2.05, 4.69) is 20.6 Å². The second kappa shape index (κ2) is 10.1. The Bertz CT molecular complexity index is 658. The van der Waals surface area contributed by atoms with Gasteiger partial charge in [-0.15, -0.1) is 24.0 Å². The van der Waals surface area contributed by atoms with Crippen molar-refractivity contribution >= 4 is 35.8 Å². The third-order valence-electron chi connectivity index (χ3n) is 3.32. The number of aromatic nitrogens is 1. The first-order chi connectivity index (χ1) is 11.1. The maximum Gasteiger partial charge on any atom is 0.191 e. The molecule has 7 heteroatoms. The van der Waals surface area contributed by atoms with Gasteiger partial charge in [-0.3, -0.25) is 4.99 Å². The van der Waals surface area contributed by atoms with Gasteiger partial charge in [0.25, 0.3) is 0 Å². The third kappa shape index (κ3) is 6.31. The summed E-state index contributed by atoms with van der Waals surface area (Å²) in [5, 5.41) is 6.46. The molecule has 2 rings (SSSR count). The van der Waals surface area contributed by atoms with Crippen LogP contribution in [-0.4, -0.2) is 32.1 Å². The van der Waals surface area contributed by atoms with Crippen LogP contribution in [0.3, 0.4) is 0 Å². The van der Waals surface area contributed by atoms with Gasteiger partial charge in [0.2, 0.25) is 0 Å². The standard InChI is InChI=1S/C17H22FN5.HI/c1-19-17(21-11-13-4-6-15(18)7-5-13)22-12-14-8-9-20-16(10-14)23(2)3;/h4-10H,11-12H2,1-3H3,(H2,19,21,22);1H. The molecule has 0 saturated heterocycles. The Morgan fingerprint density at radius 1 is 1.08 bits per heavy atom. The van der Waals surface area contributed by atoms with Crippen LogP contribution in [-0.2, 0) is 13.1 Å². The Morgan fingerprint density at radius 2 is 1.71 bits per heavy atom. The number of pyridine rings is 1. The van der Waals surface area contributed by atoms with Crippen LogP contribution in [0.15, 0.2) is 47.6 Å². The molecule has 1 aromatic heterocycles. The van der Waals surface area contributed by atoms with E-state index in [1.165, 1.54) is 12.1 Å². The quantitative estimate of drug-likeness (QED) is 0.424. The number of anilines is 1. The van der Waals surface area contributed by atoms with E-state index in [1.807, 2.05) is 31.1 Å². The van der Waals surface area contributed by atoms with E-state index in [0.717, 1.165) is 16.9 Å². The van der Waals surface area contributed by atoms with Crippen LogP contribution in [0.4, 0.5) is 10.2 Å². The lowest BCUT2D eigenvalue weighted by atomic mass is 10.2. The molecule has 130 valence electrons. The topological polar surface area (TPSA) is 52.6 Å². The van der Waals surface area contributed by atoms with Gasteiger partial charge in [0.15, 0.2) is 5.96 Å². The van der Waals surface area contributed by atoms with E-state index < -0.39 is 0 Å². The first-order valence-corrected chi connectivity index (χ1v) is 7.39. The highest BCUT2D eigenvalue weighted by Crippen LogP contribution is 2.09. The van der Waals surface area contributed by atoms with Crippen molar-refractivity contribution in [3.05, 3.63) is 59.5 Å². The van der Waals surface area contributed by atoms with Gasteiger partial charge in [0, 0.05) is 40.4 Å². The van der Waals surface area contributed by atoms with Crippen LogP contribution in [0, 0.1) is 5.82 Å². The predicted octanol–water partition coefficient (Wildman–Crippen LogP) is 2.77. The number of rotatable bonds is 5. The number of halogens is 2. The largest absolute Gasteiger partial charge is 0.363 e. The molecule has 5 nitrogen and oxygen atoms in total. The summed E-state index contributed by atoms with van der Waals surface area (Å²) < 4.78 is 12.9. The van der Waals surface area contributed by atoms with Gasteiger partial charge in [-0.2, -0.15) is 0 Å². The first-order valence-electron chi connectivity index (χ1n) is 7.39. The maximum atomic E-state index is 12.9. The number of hydrogen-bond donors (Lipinski definition) is 2. The Hall–Kier alpha value is -1.90. The second-order valence-corrected chi connectivity index (χ2v) is 5.32. The zero-order valence-corrected chi connectivity index (χ0v) is 16.4. The SMILES string of the molecule is CN=C(NCc1ccc(F)cc1)NCc1ccnc(N(C)C)c1.I. The number of nitrogens with one attached hydrogen (secondary N) is 2. The summed E-state index contributed by atoms with van der Waals surface area (Å²) in [5.74, 6) is 1.38. The molecule has 0 atom stereocenters. The van der Waals surface area contributed by atoms with Gasteiger partial charge in [-0.1, -0.05) is 12.1 Å². The summed E-state index contributed by atoms with van der Waals surface area (Å²) in [6, 6.07) is 10.4. The molecule has 24 heavy (non-hydrogen) atoms. The first kappa shape index (κ1) is 20.1. The monoisotopic (exact) mass is 443 g/mol. The van der Waals surface area contributed by atoms with Crippen molar-refractivity contribution in [1.82, 2.24) is 15.6 Å². The summed E-state index contributed by atoms with van der Waals surface area (Å²) in [6.45, 7) is 1.23. The van der Waals surface area contributed by atoms with Crippen LogP contribution in [0.2, 0.25) is 0 Å². The minimum Gasteiger partial charge on any atom is -0.363 e. The van der Waals surface area contributed by atoms with Crippen molar-refractivity contribution in [2.45, 2.75) is 13.1 Å². The second-order valence-electron chi connectivity index (χ2n) is 5.32. The molecule has 2 N–H and O–H groups in total. The van der Waals surface area contributed by atoms with Crippen molar-refractivity contribution in [2.24, 2.45) is 4.99 Å². The lowest BCUT2D eigenvalue weighted by Gasteiger charge is -2.14. The van der Waals surface area contributed by atoms with Gasteiger partial charge in [-0.25, -0.2) is 9.37 Å². The maximum absolute atomic E-state index is 12.9. The van der Waals surface area contributed by atoms with Gasteiger partial charge < -0.3 is 15.5 Å². The minimum atomic E-state index is -0.231. The molecule has 0 bridgehead atoms. The average molecular weight is 443 g/mol. The van der Waals surface area contributed by atoms with Crippen LogP contribution in [0.25, 0.3) is 0 Å². The van der Waals surface area contributed by atoms with Crippen molar-refractivity contribution in [3.8, 4) is 0 Å². The highest BCUT2D eigenvalue weighted by Gasteiger charge is 2.02. The van der Waals surface area contributed by atoms with E-state index in [9.17, 15) is 4.39 Å². The molecule has 0 saturated carbocycles. The lowest BCUT2D eigenvalue weighted by molar-refractivity contribution is 0.626. The molecule has 0 spiro atoms. The number of aliphatic imine (C=N–C) groups is 1. The van der Waals surface area contributed by atoms with Crippen molar-refractivity contribution in [1.29, 1.82) is 0 Å². The Balaban J connectivity index is 0.00000288. The molecule has 2 aromatic rings. The number of benzene rings is 1. The molecule has 0 aliphatic heterocycles. The fraction of sp³-hybridized carbons (Fsp3) is 0.294. The van der Waals surface area contributed by atoms with Crippen LogP contribution < -0.4 is 15.5 Å². The predicted molar refractivity (Wildman–Crippen MR) is 107 cm³/mol. The average Bonchev–Trinajstić information content (AvgIpc) is 2.57. The number of hydrogen-bond acceptors (Lipinski definition) is 3. The summed E-state index contributed by atoms with van der Waals surface area (Å²) >= 11 is 0. The van der Waals surface area contributed by atoms with E-state index in [0.29, 0.717) is 19.0 Å². The van der Waals surface area contributed by atoms with Crippen LogP contribution in [0.5, 0.6) is 0 Å². The summed E-state index contributed by atoms with van der Waals surface area (Å²) in [4.78, 5) is 10.4.